The van der Waals surface area contributed by atoms with E-state index in [9.17, 15) is 0 Å². The second-order valence-electron chi connectivity index (χ2n) is 4.82. The lowest BCUT2D eigenvalue weighted by atomic mass is 10.3. The molecule has 0 aliphatic rings. The Hall–Kier alpha value is -1.78. The number of nitrogen functional groups attached to an aromatic ring is 1. The second-order valence-corrected chi connectivity index (χ2v) is 4.82. The molecule has 0 aromatic carbocycles. The van der Waals surface area contributed by atoms with Crippen molar-refractivity contribution in [1.82, 2.24) is 19.3 Å². The molecule has 0 bridgehead atoms. The average molecular weight is 247 g/mol. The van der Waals surface area contributed by atoms with Gasteiger partial charge in [0.15, 0.2) is 5.82 Å². The lowest BCUT2D eigenvalue weighted by Gasteiger charge is -2.14. The summed E-state index contributed by atoms with van der Waals surface area (Å²) < 4.78 is 4.02. The van der Waals surface area contributed by atoms with Crippen molar-refractivity contribution in [3.8, 4) is 5.82 Å². The largest absolute Gasteiger partial charge is 0.394 e. The zero-order chi connectivity index (χ0) is 13.3. The molecule has 2 aromatic heterocycles. The van der Waals surface area contributed by atoms with Crippen LogP contribution in [0.1, 0.15) is 44.8 Å². The van der Waals surface area contributed by atoms with Crippen LogP contribution < -0.4 is 5.73 Å². The number of nitrogens with zero attached hydrogens (tertiary/aromatic N) is 4. The SMILES string of the molecule is CCCc1nccn1-c1c(N)c(C)nn1C(C)C. The smallest absolute Gasteiger partial charge is 0.160 e. The molecule has 0 atom stereocenters. The van der Waals surface area contributed by atoms with E-state index in [1.807, 2.05) is 24.0 Å². The molecule has 0 unspecified atom stereocenters. The molecule has 2 N–H and O–H groups in total. The molecule has 2 heterocycles. The summed E-state index contributed by atoms with van der Waals surface area (Å²) in [6.07, 6.45) is 5.77. The molecule has 18 heavy (non-hydrogen) atoms. The van der Waals surface area contributed by atoms with Crippen LogP contribution in [0.4, 0.5) is 5.69 Å². The monoisotopic (exact) mass is 247 g/mol. The van der Waals surface area contributed by atoms with Gasteiger partial charge < -0.3 is 5.73 Å². The molecule has 0 fully saturated rings. The summed E-state index contributed by atoms with van der Waals surface area (Å²) in [5.74, 6) is 1.97. The van der Waals surface area contributed by atoms with Gasteiger partial charge in [0.2, 0.25) is 0 Å². The van der Waals surface area contributed by atoms with Gasteiger partial charge >= 0.3 is 0 Å². The van der Waals surface area contributed by atoms with Crippen LogP contribution in [-0.2, 0) is 6.42 Å². The van der Waals surface area contributed by atoms with Crippen molar-refractivity contribution in [2.24, 2.45) is 0 Å². The number of aromatic nitrogens is 4. The lowest BCUT2D eigenvalue weighted by molar-refractivity contribution is 0.516. The fraction of sp³-hybridized carbons (Fsp3) is 0.538. The predicted octanol–water partition coefficient (Wildman–Crippen LogP) is 2.49. The molecular weight excluding hydrogens is 226 g/mol. The van der Waals surface area contributed by atoms with Crippen molar-refractivity contribution in [1.29, 1.82) is 0 Å². The Morgan fingerprint density at radius 3 is 2.72 bits per heavy atom. The summed E-state index contributed by atoms with van der Waals surface area (Å²) in [7, 11) is 0. The Balaban J connectivity index is 2.59. The molecular formula is C13H21N5. The van der Waals surface area contributed by atoms with E-state index in [0.717, 1.165) is 35.9 Å². The van der Waals surface area contributed by atoms with Gasteiger partial charge in [-0.2, -0.15) is 5.10 Å². The molecule has 0 saturated heterocycles. The van der Waals surface area contributed by atoms with Crippen molar-refractivity contribution in [2.45, 2.75) is 46.6 Å². The minimum absolute atomic E-state index is 0.271. The van der Waals surface area contributed by atoms with E-state index in [0.29, 0.717) is 0 Å². The highest BCUT2D eigenvalue weighted by atomic mass is 15.4. The van der Waals surface area contributed by atoms with Crippen molar-refractivity contribution in [2.75, 3.05) is 5.73 Å². The van der Waals surface area contributed by atoms with Crippen molar-refractivity contribution < 1.29 is 0 Å². The molecule has 0 amide bonds. The van der Waals surface area contributed by atoms with Gasteiger partial charge in [-0.3, -0.25) is 4.57 Å². The quantitative estimate of drug-likeness (QED) is 0.903. The van der Waals surface area contributed by atoms with Crippen molar-refractivity contribution in [3.05, 3.63) is 23.9 Å². The van der Waals surface area contributed by atoms with E-state index in [1.165, 1.54) is 0 Å². The molecule has 0 aliphatic carbocycles. The third kappa shape index (κ3) is 2.00. The number of anilines is 1. The summed E-state index contributed by atoms with van der Waals surface area (Å²) in [6, 6.07) is 0.271. The van der Waals surface area contributed by atoms with Crippen LogP contribution in [0.25, 0.3) is 5.82 Å². The van der Waals surface area contributed by atoms with E-state index in [1.54, 1.807) is 0 Å². The maximum atomic E-state index is 6.17. The average Bonchev–Trinajstić information content (AvgIpc) is 2.86. The molecule has 0 aliphatic heterocycles. The molecule has 5 nitrogen and oxygen atoms in total. The van der Waals surface area contributed by atoms with Gasteiger partial charge in [0.25, 0.3) is 0 Å². The Bertz CT molecular complexity index is 536. The number of aryl methyl sites for hydroxylation is 2. The summed E-state index contributed by atoms with van der Waals surface area (Å²) in [5.41, 5.74) is 7.77. The molecule has 0 saturated carbocycles. The van der Waals surface area contributed by atoms with E-state index < -0.39 is 0 Å². The minimum Gasteiger partial charge on any atom is -0.394 e. The first-order valence-electron chi connectivity index (χ1n) is 6.43. The van der Waals surface area contributed by atoms with Crippen LogP contribution in [0.2, 0.25) is 0 Å². The van der Waals surface area contributed by atoms with Gasteiger partial charge in [-0.25, -0.2) is 9.67 Å². The topological polar surface area (TPSA) is 61.7 Å². The summed E-state index contributed by atoms with van der Waals surface area (Å²) in [5, 5.41) is 4.51. The molecule has 5 heteroatoms. The molecule has 2 aromatic rings. The van der Waals surface area contributed by atoms with Gasteiger partial charge in [-0.05, 0) is 27.2 Å². The first kappa shape index (κ1) is 12.7. The van der Waals surface area contributed by atoms with Crippen LogP contribution in [-0.4, -0.2) is 19.3 Å². The normalized spacial score (nSPS) is 11.4. The highest BCUT2D eigenvalue weighted by Gasteiger charge is 2.18. The Morgan fingerprint density at radius 2 is 2.11 bits per heavy atom. The number of nitrogens with two attached hydrogens (primary N) is 1. The predicted molar refractivity (Wildman–Crippen MR) is 72.9 cm³/mol. The van der Waals surface area contributed by atoms with E-state index in [4.69, 9.17) is 5.73 Å². The maximum absolute atomic E-state index is 6.17. The lowest BCUT2D eigenvalue weighted by Crippen LogP contribution is -2.12. The van der Waals surface area contributed by atoms with Crippen LogP contribution in [0, 0.1) is 6.92 Å². The minimum atomic E-state index is 0.271. The number of imidazole rings is 1. The second kappa shape index (κ2) is 4.84. The number of rotatable bonds is 4. The van der Waals surface area contributed by atoms with Gasteiger partial charge in [0, 0.05) is 24.9 Å². The van der Waals surface area contributed by atoms with Gasteiger partial charge in [0.1, 0.15) is 5.82 Å². The zero-order valence-electron chi connectivity index (χ0n) is 11.5. The van der Waals surface area contributed by atoms with E-state index in [2.05, 4.69) is 35.4 Å². The van der Waals surface area contributed by atoms with Gasteiger partial charge in [-0.1, -0.05) is 6.92 Å². The van der Waals surface area contributed by atoms with Crippen LogP contribution in [0.5, 0.6) is 0 Å². The third-order valence-electron chi connectivity index (χ3n) is 3.01. The Morgan fingerprint density at radius 1 is 1.39 bits per heavy atom. The molecule has 0 radical (unpaired) electrons. The highest BCUT2D eigenvalue weighted by Crippen LogP contribution is 2.25. The summed E-state index contributed by atoms with van der Waals surface area (Å²) in [6.45, 7) is 8.29. The molecule has 98 valence electrons. The van der Waals surface area contributed by atoms with Crippen LogP contribution >= 0.6 is 0 Å². The third-order valence-corrected chi connectivity index (χ3v) is 3.01. The molecule has 2 rings (SSSR count). The fourth-order valence-electron chi connectivity index (χ4n) is 2.08. The van der Waals surface area contributed by atoms with Crippen LogP contribution in [0.3, 0.4) is 0 Å². The highest BCUT2D eigenvalue weighted by molar-refractivity contribution is 5.58. The number of hydrogen-bond acceptors (Lipinski definition) is 3. The van der Waals surface area contributed by atoms with Crippen molar-refractivity contribution >= 4 is 5.69 Å². The van der Waals surface area contributed by atoms with Crippen LogP contribution in [0.15, 0.2) is 12.4 Å². The Kier molecular flexibility index (Phi) is 3.41. The Labute approximate surface area is 108 Å². The van der Waals surface area contributed by atoms with E-state index in [-0.39, 0.29) is 6.04 Å². The summed E-state index contributed by atoms with van der Waals surface area (Å²) >= 11 is 0. The zero-order valence-corrected chi connectivity index (χ0v) is 11.5. The van der Waals surface area contributed by atoms with Gasteiger partial charge in [-0.15, -0.1) is 0 Å². The van der Waals surface area contributed by atoms with E-state index >= 15 is 0 Å². The first-order chi connectivity index (χ1) is 8.56. The molecule has 0 spiro atoms. The van der Waals surface area contributed by atoms with Gasteiger partial charge in [0.05, 0.1) is 11.4 Å². The summed E-state index contributed by atoms with van der Waals surface area (Å²) in [4.78, 5) is 4.40. The fourth-order valence-corrected chi connectivity index (χ4v) is 2.08. The van der Waals surface area contributed by atoms with Crippen molar-refractivity contribution in [3.63, 3.8) is 0 Å². The maximum Gasteiger partial charge on any atom is 0.160 e. The number of hydrogen-bond donors (Lipinski definition) is 1. The first-order valence-corrected chi connectivity index (χ1v) is 6.43. The standard InChI is InChI=1S/C13H21N5/c1-5-6-11-15-7-8-17(11)13-12(14)10(4)16-18(13)9(2)3/h7-9H,5-6,14H2,1-4H3.